The summed E-state index contributed by atoms with van der Waals surface area (Å²) >= 11 is 5.90. The van der Waals surface area contributed by atoms with E-state index in [0.29, 0.717) is 11.1 Å². The molecular formula is C20H20ClFN4O5S. The summed E-state index contributed by atoms with van der Waals surface area (Å²) in [4.78, 5) is 15.4. The van der Waals surface area contributed by atoms with Crippen LogP contribution in [0.25, 0.3) is 0 Å². The summed E-state index contributed by atoms with van der Waals surface area (Å²) in [5.74, 6) is -2.24. The van der Waals surface area contributed by atoms with Crippen LogP contribution in [0.15, 0.2) is 38.5 Å². The topological polar surface area (TPSA) is 118 Å². The van der Waals surface area contributed by atoms with Crippen LogP contribution in [0, 0.1) is 19.7 Å². The largest absolute Gasteiger partial charge is 0.491 e. The van der Waals surface area contributed by atoms with Crippen LogP contribution >= 0.6 is 11.6 Å². The number of ether oxygens (including phenoxy) is 1. The number of nitrogens with one attached hydrogen (secondary N) is 1. The van der Waals surface area contributed by atoms with Crippen molar-refractivity contribution in [3.8, 4) is 5.75 Å². The Labute approximate surface area is 188 Å². The summed E-state index contributed by atoms with van der Waals surface area (Å²) in [6, 6.07) is 3.15. The molecule has 3 aromatic rings. The summed E-state index contributed by atoms with van der Waals surface area (Å²) < 4.78 is 54.1. The van der Waals surface area contributed by atoms with E-state index in [1.807, 2.05) is 6.92 Å². The first kappa shape index (κ1) is 22.4. The number of hydrogen-bond donors (Lipinski definition) is 1. The third kappa shape index (κ3) is 3.80. The van der Waals surface area contributed by atoms with Crippen molar-refractivity contribution in [1.29, 1.82) is 0 Å². The smallest absolute Gasteiger partial charge is 0.434 e. The van der Waals surface area contributed by atoms with E-state index < -0.39 is 33.6 Å². The molecule has 0 unspecified atom stereocenters. The molecule has 0 saturated heterocycles. The molecule has 12 heteroatoms. The van der Waals surface area contributed by atoms with Crippen LogP contribution in [0.5, 0.6) is 5.75 Å². The van der Waals surface area contributed by atoms with Gasteiger partial charge in [0.2, 0.25) is 15.9 Å². The zero-order chi connectivity index (χ0) is 23.2. The minimum Gasteiger partial charge on any atom is -0.491 e. The Morgan fingerprint density at radius 1 is 1.31 bits per heavy atom. The highest BCUT2D eigenvalue weighted by Crippen LogP contribution is 2.42. The normalized spacial score (nSPS) is 17.8. The van der Waals surface area contributed by atoms with Crippen molar-refractivity contribution in [2.75, 3.05) is 13.2 Å². The van der Waals surface area contributed by atoms with Crippen LogP contribution < -0.4 is 10.5 Å². The lowest BCUT2D eigenvalue weighted by Gasteiger charge is -2.32. The lowest BCUT2D eigenvalue weighted by atomic mass is 9.87. The summed E-state index contributed by atoms with van der Waals surface area (Å²) in [6.07, 6.45) is 1.10. The predicted octanol–water partition coefficient (Wildman–Crippen LogP) is 3.10. The van der Waals surface area contributed by atoms with Crippen molar-refractivity contribution in [3.63, 3.8) is 0 Å². The fraction of sp³-hybridized carbons (Fsp3) is 0.350. The van der Waals surface area contributed by atoms with Gasteiger partial charge in [-0.1, -0.05) is 24.6 Å². The predicted molar refractivity (Wildman–Crippen MR) is 113 cm³/mol. The van der Waals surface area contributed by atoms with Gasteiger partial charge in [0.25, 0.3) is 0 Å². The molecule has 1 aliphatic heterocycles. The Bertz CT molecular complexity index is 1340. The number of hydrogen-bond acceptors (Lipinski definition) is 7. The minimum atomic E-state index is -4.21. The maximum absolute atomic E-state index is 14.9. The summed E-state index contributed by atoms with van der Waals surface area (Å²) in [6.45, 7) is 5.12. The van der Waals surface area contributed by atoms with E-state index in [0.717, 1.165) is 16.1 Å². The molecule has 0 amide bonds. The van der Waals surface area contributed by atoms with Crippen molar-refractivity contribution in [2.24, 2.45) is 0 Å². The Hall–Kier alpha value is -2.76. The number of sulfonamides is 1. The van der Waals surface area contributed by atoms with E-state index in [9.17, 15) is 17.6 Å². The average molecular weight is 483 g/mol. The van der Waals surface area contributed by atoms with Crippen LogP contribution in [-0.2, 0) is 10.0 Å². The van der Waals surface area contributed by atoms with Crippen LogP contribution in [0.3, 0.4) is 0 Å². The van der Waals surface area contributed by atoms with Gasteiger partial charge in [-0.2, -0.15) is 4.31 Å². The first-order valence-corrected chi connectivity index (χ1v) is 11.5. The first-order valence-electron chi connectivity index (χ1n) is 9.72. The maximum atomic E-state index is 14.9. The van der Waals surface area contributed by atoms with Gasteiger partial charge in [-0.25, -0.2) is 27.7 Å². The highest BCUT2D eigenvalue weighted by Gasteiger charge is 2.43. The standard InChI is InChI=1S/C20H20ClFN4O5S/c1-10-4-5-13(22)17(11(10)2)12(3)18(19-24-25-20(27)31-19)26-6-7-30-14-8-16(21)23-9-15(14)32(26,28)29/h4-5,8-9,12,18H,6-7H2,1-3H3,(H,25,27)/t12-,18+/m1/s1. The highest BCUT2D eigenvalue weighted by atomic mass is 35.5. The molecule has 0 radical (unpaired) electrons. The second-order valence-corrected chi connectivity index (χ2v) is 9.75. The number of fused-ring (bicyclic) bond motifs is 1. The number of aryl methyl sites for hydroxylation is 1. The van der Waals surface area contributed by atoms with Gasteiger partial charge in [-0.05, 0) is 36.6 Å². The van der Waals surface area contributed by atoms with Gasteiger partial charge in [0, 0.05) is 18.5 Å². The Kier molecular flexibility index (Phi) is 5.82. The van der Waals surface area contributed by atoms with Crippen molar-refractivity contribution in [2.45, 2.75) is 37.6 Å². The third-order valence-electron chi connectivity index (χ3n) is 5.63. The molecule has 1 N–H and O–H groups in total. The van der Waals surface area contributed by atoms with Crippen molar-refractivity contribution < 1.29 is 22.0 Å². The third-order valence-corrected chi connectivity index (χ3v) is 7.73. The number of nitrogens with zero attached hydrogens (tertiary/aromatic N) is 3. The maximum Gasteiger partial charge on any atom is 0.434 e. The summed E-state index contributed by atoms with van der Waals surface area (Å²) in [5.41, 5.74) is 1.80. The molecule has 1 aliphatic rings. The van der Waals surface area contributed by atoms with Crippen molar-refractivity contribution in [3.05, 3.63) is 68.5 Å². The monoisotopic (exact) mass is 482 g/mol. The molecule has 2 aromatic heterocycles. The first-order chi connectivity index (χ1) is 15.1. The van der Waals surface area contributed by atoms with Crippen LogP contribution in [0.4, 0.5) is 4.39 Å². The van der Waals surface area contributed by atoms with Crippen molar-refractivity contribution >= 4 is 21.6 Å². The molecule has 2 atom stereocenters. The number of pyridine rings is 1. The molecular weight excluding hydrogens is 463 g/mol. The number of benzene rings is 1. The number of H-pyrrole nitrogens is 1. The van der Waals surface area contributed by atoms with E-state index in [4.69, 9.17) is 20.8 Å². The highest BCUT2D eigenvalue weighted by molar-refractivity contribution is 7.89. The van der Waals surface area contributed by atoms with Gasteiger partial charge >= 0.3 is 5.76 Å². The number of rotatable bonds is 4. The molecule has 0 saturated carbocycles. The van der Waals surface area contributed by atoms with Crippen molar-refractivity contribution in [1.82, 2.24) is 19.5 Å². The SMILES string of the molecule is Cc1ccc(F)c([C@@H](C)[C@@H](c2n[nH]c(=O)o2)N2CCOc3cc(Cl)ncc3S2(=O)=O)c1C. The van der Waals surface area contributed by atoms with Gasteiger partial charge in [0.1, 0.15) is 34.3 Å². The van der Waals surface area contributed by atoms with E-state index in [1.165, 1.54) is 12.1 Å². The molecule has 0 spiro atoms. The molecule has 0 aliphatic carbocycles. The van der Waals surface area contributed by atoms with E-state index >= 15 is 0 Å². The van der Waals surface area contributed by atoms with Gasteiger partial charge in [-0.3, -0.25) is 0 Å². The minimum absolute atomic E-state index is 0.0142. The Morgan fingerprint density at radius 2 is 2.06 bits per heavy atom. The number of halogens is 2. The van der Waals surface area contributed by atoms with Gasteiger partial charge in [0.05, 0.1) is 6.20 Å². The van der Waals surface area contributed by atoms with Gasteiger partial charge < -0.3 is 9.15 Å². The zero-order valence-electron chi connectivity index (χ0n) is 17.4. The van der Waals surface area contributed by atoms with Gasteiger partial charge in [0.15, 0.2) is 0 Å². The molecule has 170 valence electrons. The lowest BCUT2D eigenvalue weighted by Crippen LogP contribution is -2.39. The molecule has 0 fully saturated rings. The molecule has 9 nitrogen and oxygen atoms in total. The molecule has 1 aromatic carbocycles. The van der Waals surface area contributed by atoms with E-state index in [1.54, 1.807) is 19.9 Å². The van der Waals surface area contributed by atoms with Gasteiger partial charge in [-0.15, -0.1) is 5.10 Å². The van der Waals surface area contributed by atoms with Crippen LogP contribution in [-0.4, -0.2) is 41.1 Å². The van der Waals surface area contributed by atoms with Crippen LogP contribution in [0.1, 0.15) is 41.5 Å². The number of aromatic nitrogens is 3. The molecule has 4 rings (SSSR count). The fourth-order valence-corrected chi connectivity index (χ4v) is 5.81. The zero-order valence-corrected chi connectivity index (χ0v) is 19.0. The molecule has 3 heterocycles. The van der Waals surface area contributed by atoms with E-state index in [-0.39, 0.29) is 34.8 Å². The fourth-order valence-electron chi connectivity index (χ4n) is 3.96. The second-order valence-electron chi connectivity index (χ2n) is 7.51. The summed E-state index contributed by atoms with van der Waals surface area (Å²) in [5, 5.41) is 6.11. The average Bonchev–Trinajstić information content (AvgIpc) is 3.10. The quantitative estimate of drug-likeness (QED) is 0.567. The Morgan fingerprint density at radius 3 is 2.75 bits per heavy atom. The lowest BCUT2D eigenvalue weighted by molar-refractivity contribution is 0.209. The number of aromatic amines is 1. The molecule has 32 heavy (non-hydrogen) atoms. The summed E-state index contributed by atoms with van der Waals surface area (Å²) in [7, 11) is -4.21. The van der Waals surface area contributed by atoms with Crippen LogP contribution in [0.2, 0.25) is 5.15 Å². The Balaban J connectivity index is 1.91. The second kappa shape index (κ2) is 8.30. The van der Waals surface area contributed by atoms with E-state index in [2.05, 4.69) is 15.2 Å². The molecule has 0 bridgehead atoms.